The Morgan fingerprint density at radius 3 is 0.640 bits per heavy atom. The van der Waals surface area contributed by atoms with E-state index in [2.05, 4.69) is 522 Å². The fourth-order valence-corrected chi connectivity index (χ4v) is 21.9. The van der Waals surface area contributed by atoms with E-state index in [9.17, 15) is 0 Å². The monoisotopic (exact) mass is 1720 g/mol. The number of hydrogen-bond donors (Lipinski definition) is 0. The Morgan fingerprint density at radius 1 is 0.0735 bits per heavy atom. The second-order valence-corrected chi connectivity index (χ2v) is 36.4. The molecule has 0 aliphatic rings. The molecule has 0 atom stereocenters. The van der Waals surface area contributed by atoms with Crippen molar-refractivity contribution in [2.75, 3.05) is 0 Å². The van der Waals surface area contributed by atoms with Gasteiger partial charge in [-0.1, -0.05) is 437 Å². The number of rotatable bonds is 9. The van der Waals surface area contributed by atoms with Crippen molar-refractivity contribution in [3.63, 3.8) is 0 Å². The first-order valence-corrected chi connectivity index (χ1v) is 47.2. The van der Waals surface area contributed by atoms with Crippen molar-refractivity contribution in [2.45, 2.75) is 0 Å². The maximum atomic E-state index is 2.37. The van der Waals surface area contributed by atoms with Crippen molar-refractivity contribution < 1.29 is 0 Å². The Balaban J connectivity index is 0.000000106. The smallest absolute Gasteiger partial charge is 0.00206 e. The summed E-state index contributed by atoms with van der Waals surface area (Å²) in [5.74, 6) is 0. The van der Waals surface area contributed by atoms with Crippen LogP contribution in [-0.4, -0.2) is 0 Å². The predicted octanol–water partition coefficient (Wildman–Crippen LogP) is 38.5. The molecule has 0 aliphatic heterocycles. The lowest BCUT2D eigenvalue weighted by Gasteiger charge is -2.15. The molecule has 0 spiro atoms. The lowest BCUT2D eigenvalue weighted by Crippen LogP contribution is -1.88. The molecule has 0 amide bonds. The second-order valence-electron chi connectivity index (χ2n) is 36.4. The highest BCUT2D eigenvalue weighted by Crippen LogP contribution is 2.47. The van der Waals surface area contributed by atoms with Crippen molar-refractivity contribution in [1.82, 2.24) is 0 Å². The van der Waals surface area contributed by atoms with Crippen LogP contribution in [0.5, 0.6) is 0 Å². The Morgan fingerprint density at radius 2 is 0.272 bits per heavy atom. The molecule has 0 aromatic heterocycles. The molecule has 0 saturated heterocycles. The minimum atomic E-state index is 1.22. The van der Waals surface area contributed by atoms with Crippen molar-refractivity contribution in [1.29, 1.82) is 0 Å². The molecule has 28 aromatic carbocycles. The largest absolute Gasteiger partial charge is 0.0616 e. The highest BCUT2D eigenvalue weighted by Gasteiger charge is 2.20. The van der Waals surface area contributed by atoms with Gasteiger partial charge >= 0.3 is 0 Å². The zero-order valence-electron chi connectivity index (χ0n) is 74.7. The average Bonchev–Trinajstić information content (AvgIpc) is 0.743. The third-order valence-corrected chi connectivity index (χ3v) is 28.6. The van der Waals surface area contributed by atoms with E-state index in [4.69, 9.17) is 0 Å². The molecular formula is C136H86. The van der Waals surface area contributed by atoms with Gasteiger partial charge in [-0.3, -0.25) is 0 Å². The molecule has 630 valence electrons. The topological polar surface area (TPSA) is 0 Å². The van der Waals surface area contributed by atoms with Gasteiger partial charge in [0.25, 0.3) is 0 Å². The third kappa shape index (κ3) is 14.2. The maximum Gasteiger partial charge on any atom is -0.00206 e. The maximum absolute atomic E-state index is 2.37. The summed E-state index contributed by atoms with van der Waals surface area (Å²) >= 11 is 0. The van der Waals surface area contributed by atoms with Crippen molar-refractivity contribution >= 4 is 172 Å². The van der Waals surface area contributed by atoms with Gasteiger partial charge in [0.1, 0.15) is 0 Å². The van der Waals surface area contributed by atoms with Crippen molar-refractivity contribution in [3.05, 3.63) is 522 Å². The van der Waals surface area contributed by atoms with Crippen LogP contribution in [0.3, 0.4) is 0 Å². The lowest BCUT2D eigenvalue weighted by atomic mass is 9.89. The molecule has 0 saturated carbocycles. The zero-order valence-corrected chi connectivity index (χ0v) is 74.7. The molecule has 28 aromatic rings. The Bertz CT molecular complexity index is 9710. The van der Waals surface area contributed by atoms with Crippen LogP contribution < -0.4 is 0 Å². The first-order valence-electron chi connectivity index (χ1n) is 47.2. The summed E-state index contributed by atoms with van der Waals surface area (Å²) in [5.41, 5.74) is 22.4. The van der Waals surface area contributed by atoms with Crippen LogP contribution in [0.15, 0.2) is 522 Å². The standard InChI is InChI=1S/C48H30.2C44H28/c1-5-16-41-31(10-1)24-25-45-47(30-38-12-3-6-17-42(38)48(41)45)36-14-9-13-32(27-36)33-20-21-35-28-39(23-22-34(35)26-33)46-29-37-11-2-4-15-40(37)43-18-7-8-19-44(43)46;1-4-15-38-29(9-1)12-8-18-39(38)37-22-21-33-25-32(19-20-34(33)27-37)31-13-7-14-35(26-31)43-28-36-11-3-6-17-41(36)44-40-16-5-2-10-30(40)23-24-42(43)44;1-2-10-31-24-34(17-16-29(31)8-1)36-21-20-35-25-33(18-19-37(35)26-36)32-12-7-13-38(27-32)43-28-39-11-4-6-15-41(39)44-40-14-5-3-9-30(40)22-23-42(43)44/h1-30H;2*1-28H. The van der Waals surface area contributed by atoms with E-state index >= 15 is 0 Å². The Labute approximate surface area is 788 Å². The molecule has 136 heavy (non-hydrogen) atoms. The van der Waals surface area contributed by atoms with E-state index in [0.717, 1.165) is 0 Å². The predicted molar refractivity (Wildman–Crippen MR) is 588 cm³/mol. The third-order valence-electron chi connectivity index (χ3n) is 28.6. The summed E-state index contributed by atoms with van der Waals surface area (Å²) in [6.07, 6.45) is 0. The molecule has 0 aliphatic carbocycles. The lowest BCUT2D eigenvalue weighted by molar-refractivity contribution is 1.62. The summed E-state index contributed by atoms with van der Waals surface area (Å²) < 4.78 is 0. The van der Waals surface area contributed by atoms with Gasteiger partial charge in [-0.25, -0.2) is 0 Å². The van der Waals surface area contributed by atoms with Crippen LogP contribution in [0, 0.1) is 0 Å². The molecule has 0 nitrogen and oxygen atoms in total. The fraction of sp³-hybridized carbons (Fsp3) is 0. The number of fused-ring (bicyclic) bond motifs is 23. The van der Waals surface area contributed by atoms with Crippen molar-refractivity contribution in [3.8, 4) is 100 Å². The minimum Gasteiger partial charge on any atom is -0.0616 e. The minimum absolute atomic E-state index is 1.22. The average molecular weight is 1720 g/mol. The summed E-state index contributed by atoms with van der Waals surface area (Å²) in [6, 6.07) is 192. The van der Waals surface area contributed by atoms with Gasteiger partial charge in [0.2, 0.25) is 0 Å². The van der Waals surface area contributed by atoms with Gasteiger partial charge in [0.15, 0.2) is 0 Å². The highest BCUT2D eigenvalue weighted by molar-refractivity contribution is 6.27. The van der Waals surface area contributed by atoms with Gasteiger partial charge in [-0.15, -0.1) is 0 Å². The summed E-state index contributed by atoms with van der Waals surface area (Å²) in [6.45, 7) is 0. The van der Waals surface area contributed by atoms with Crippen LogP contribution in [0.2, 0.25) is 0 Å². The van der Waals surface area contributed by atoms with Gasteiger partial charge in [-0.05, 0) is 357 Å². The van der Waals surface area contributed by atoms with Crippen LogP contribution in [-0.2, 0) is 0 Å². The summed E-state index contributed by atoms with van der Waals surface area (Å²) in [7, 11) is 0. The summed E-state index contributed by atoms with van der Waals surface area (Å²) in [5, 5.41) is 41.0. The quantitative estimate of drug-likeness (QED) is 0.126. The molecular weight excluding hydrogens is 1630 g/mol. The van der Waals surface area contributed by atoms with E-state index in [-0.39, 0.29) is 0 Å². The highest BCUT2D eigenvalue weighted by atomic mass is 14.2. The molecule has 0 N–H and O–H groups in total. The molecule has 0 bridgehead atoms. The van der Waals surface area contributed by atoms with E-state index in [1.807, 2.05) is 0 Å². The molecule has 0 heterocycles. The Hall–Kier alpha value is -17.7. The van der Waals surface area contributed by atoms with Crippen molar-refractivity contribution in [2.24, 2.45) is 0 Å². The summed E-state index contributed by atoms with van der Waals surface area (Å²) in [4.78, 5) is 0. The van der Waals surface area contributed by atoms with E-state index in [0.29, 0.717) is 0 Å². The van der Waals surface area contributed by atoms with Crippen LogP contribution in [0.25, 0.3) is 273 Å². The SMILES string of the molecule is c1cc(-c2ccc3cc(-c4cc5ccccc5c5ccccc45)ccc3c2)cc(-c2cc3ccccc3c3c2ccc2ccccc23)c1.c1cc(-c2ccc3cc(-c4ccc5ccccc5c4)ccc3c2)cc(-c2cc3ccccc3c3c2ccc2ccccc23)c1.c1cc(-c2ccc3cc(-c4cccc5ccccc45)ccc3c2)cc(-c2cc3ccccc3c3c2ccc2ccccc23)c1. The first kappa shape index (κ1) is 79.3. The van der Waals surface area contributed by atoms with E-state index in [1.165, 1.54) is 273 Å². The molecule has 28 rings (SSSR count). The van der Waals surface area contributed by atoms with Crippen LogP contribution in [0.1, 0.15) is 0 Å². The molecule has 0 unspecified atom stereocenters. The first-order chi connectivity index (χ1) is 67.4. The Kier molecular flexibility index (Phi) is 19.4. The van der Waals surface area contributed by atoms with E-state index < -0.39 is 0 Å². The zero-order chi connectivity index (χ0) is 89.7. The van der Waals surface area contributed by atoms with Gasteiger partial charge < -0.3 is 0 Å². The van der Waals surface area contributed by atoms with Gasteiger partial charge in [0, 0.05) is 0 Å². The van der Waals surface area contributed by atoms with Gasteiger partial charge in [0.05, 0.1) is 0 Å². The molecule has 0 radical (unpaired) electrons. The molecule has 0 fully saturated rings. The fourth-order valence-electron chi connectivity index (χ4n) is 21.9. The molecule has 0 heteroatoms. The number of hydrogen-bond acceptors (Lipinski definition) is 0. The normalized spacial score (nSPS) is 11.7. The van der Waals surface area contributed by atoms with E-state index in [1.54, 1.807) is 0 Å². The second kappa shape index (κ2) is 33.3. The van der Waals surface area contributed by atoms with Crippen LogP contribution in [0.4, 0.5) is 0 Å². The van der Waals surface area contributed by atoms with Crippen LogP contribution >= 0.6 is 0 Å². The number of benzene rings is 28. The van der Waals surface area contributed by atoms with Gasteiger partial charge in [-0.2, -0.15) is 0 Å².